The minimum atomic E-state index is -0.900. The van der Waals surface area contributed by atoms with Gasteiger partial charge in [0.2, 0.25) is 4.90 Å². The zero-order valence-electron chi connectivity index (χ0n) is 7.19. The molecule has 1 saturated carbocycles. The van der Waals surface area contributed by atoms with Crippen LogP contribution in [0, 0.1) is 0 Å². The van der Waals surface area contributed by atoms with Crippen LogP contribution in [-0.4, -0.2) is 16.2 Å². The maximum Gasteiger partial charge on any atom is 0.346 e. The number of nitrogens with zero attached hydrogens (tertiary/aromatic N) is 1. The molecule has 1 aliphatic carbocycles. The van der Waals surface area contributed by atoms with Crippen molar-refractivity contribution in [3.8, 4) is 0 Å². The molecule has 5 heteroatoms. The van der Waals surface area contributed by atoms with Crippen LogP contribution in [0.3, 0.4) is 0 Å². The van der Waals surface area contributed by atoms with E-state index in [1.165, 1.54) is 0 Å². The van der Waals surface area contributed by atoms with Gasteiger partial charge in [0, 0.05) is 5.92 Å². The number of fused-ring (bicyclic) bond motifs is 1. The molecule has 0 amide bonds. The number of rotatable bonds is 2. The Morgan fingerprint density at radius 1 is 1.64 bits per heavy atom. The molecule has 0 unspecified atom stereocenters. The van der Waals surface area contributed by atoms with Crippen LogP contribution in [0.15, 0.2) is 10.6 Å². The number of carboxylic acid groups (broad SMARTS) is 1. The van der Waals surface area contributed by atoms with E-state index in [0.29, 0.717) is 15.7 Å². The molecule has 0 aliphatic heterocycles. The van der Waals surface area contributed by atoms with Crippen molar-refractivity contribution in [3.05, 3.63) is 16.6 Å². The van der Waals surface area contributed by atoms with Crippen LogP contribution >= 0.6 is 11.3 Å². The largest absolute Gasteiger partial charge is 0.477 e. The molecule has 0 spiro atoms. The van der Waals surface area contributed by atoms with Crippen LogP contribution in [0.5, 0.6) is 0 Å². The fourth-order valence-electron chi connectivity index (χ4n) is 1.52. The van der Waals surface area contributed by atoms with E-state index < -0.39 is 5.97 Å². The van der Waals surface area contributed by atoms with Gasteiger partial charge in [-0.15, -0.1) is 0 Å². The number of hydrogen-bond donors (Lipinski definition) is 1. The Kier molecular flexibility index (Phi) is 1.47. The van der Waals surface area contributed by atoms with Gasteiger partial charge < -0.3 is 9.63 Å². The highest BCUT2D eigenvalue weighted by molar-refractivity contribution is 7.20. The Labute approximate surface area is 83.1 Å². The van der Waals surface area contributed by atoms with Gasteiger partial charge in [-0.25, -0.2) is 4.79 Å². The first-order valence-electron chi connectivity index (χ1n) is 4.38. The standard InChI is InChI=1S/C9H7NO3S/c11-8(12)6-3-5-7(4-1-2-4)10-13-9(5)14-6/h3-4H,1-2H2,(H,11,12). The van der Waals surface area contributed by atoms with Crippen molar-refractivity contribution in [3.63, 3.8) is 0 Å². The van der Waals surface area contributed by atoms with Crippen LogP contribution in [0.2, 0.25) is 0 Å². The van der Waals surface area contributed by atoms with Gasteiger partial charge in [0.05, 0.1) is 11.1 Å². The van der Waals surface area contributed by atoms with Crippen LogP contribution in [-0.2, 0) is 0 Å². The van der Waals surface area contributed by atoms with E-state index in [2.05, 4.69) is 5.16 Å². The van der Waals surface area contributed by atoms with Crippen LogP contribution in [0.4, 0.5) is 0 Å². The zero-order chi connectivity index (χ0) is 9.71. The van der Waals surface area contributed by atoms with Gasteiger partial charge in [-0.1, -0.05) is 16.5 Å². The van der Waals surface area contributed by atoms with Gasteiger partial charge in [0.1, 0.15) is 4.88 Å². The molecular weight excluding hydrogens is 202 g/mol. The highest BCUT2D eigenvalue weighted by Gasteiger charge is 2.30. The summed E-state index contributed by atoms with van der Waals surface area (Å²) < 4.78 is 5.09. The van der Waals surface area contributed by atoms with Crippen molar-refractivity contribution in [2.75, 3.05) is 0 Å². The summed E-state index contributed by atoms with van der Waals surface area (Å²) in [7, 11) is 0. The molecular formula is C9H7NO3S. The first-order chi connectivity index (χ1) is 6.75. The monoisotopic (exact) mass is 209 g/mol. The first-order valence-corrected chi connectivity index (χ1v) is 5.20. The third-order valence-corrected chi connectivity index (χ3v) is 3.37. The lowest BCUT2D eigenvalue weighted by atomic mass is 10.2. The van der Waals surface area contributed by atoms with E-state index in [0.717, 1.165) is 35.3 Å². The summed E-state index contributed by atoms with van der Waals surface area (Å²) in [5, 5.41) is 13.6. The van der Waals surface area contributed by atoms with Gasteiger partial charge in [-0.2, -0.15) is 0 Å². The van der Waals surface area contributed by atoms with Crippen molar-refractivity contribution in [1.29, 1.82) is 0 Å². The lowest BCUT2D eigenvalue weighted by Crippen LogP contribution is -1.90. The van der Waals surface area contributed by atoms with E-state index in [4.69, 9.17) is 9.63 Å². The molecule has 1 fully saturated rings. The average molecular weight is 209 g/mol. The number of carboxylic acids is 1. The van der Waals surface area contributed by atoms with Crippen LogP contribution in [0.25, 0.3) is 10.3 Å². The molecule has 2 heterocycles. The minimum Gasteiger partial charge on any atom is -0.477 e. The molecule has 4 nitrogen and oxygen atoms in total. The molecule has 72 valence electrons. The van der Waals surface area contributed by atoms with Crippen LogP contribution in [0.1, 0.15) is 34.1 Å². The van der Waals surface area contributed by atoms with E-state index >= 15 is 0 Å². The molecule has 1 N–H and O–H groups in total. The molecule has 0 atom stereocenters. The summed E-state index contributed by atoms with van der Waals surface area (Å²) in [6, 6.07) is 1.66. The van der Waals surface area contributed by atoms with E-state index in [9.17, 15) is 4.79 Å². The normalized spacial score (nSPS) is 16.3. The molecule has 2 aromatic rings. The highest BCUT2D eigenvalue weighted by atomic mass is 32.1. The highest BCUT2D eigenvalue weighted by Crippen LogP contribution is 2.44. The van der Waals surface area contributed by atoms with E-state index in [-0.39, 0.29) is 0 Å². The summed E-state index contributed by atoms with van der Waals surface area (Å²) in [4.78, 5) is 11.7. The summed E-state index contributed by atoms with van der Waals surface area (Å²) in [6.45, 7) is 0. The van der Waals surface area contributed by atoms with Crippen molar-refractivity contribution in [1.82, 2.24) is 5.16 Å². The fourth-order valence-corrected chi connectivity index (χ4v) is 2.33. The summed E-state index contributed by atoms with van der Waals surface area (Å²) in [6.07, 6.45) is 2.28. The second-order valence-corrected chi connectivity index (χ2v) is 4.47. The number of thiophene rings is 1. The predicted octanol–water partition coefficient (Wildman–Crippen LogP) is 2.46. The summed E-state index contributed by atoms with van der Waals surface area (Å²) >= 11 is 1.14. The SMILES string of the molecule is O=C(O)c1cc2c(C3CC3)noc2s1. The Bertz CT molecular complexity index is 509. The smallest absolute Gasteiger partial charge is 0.346 e. The molecule has 0 aromatic carbocycles. The Morgan fingerprint density at radius 2 is 2.43 bits per heavy atom. The minimum absolute atomic E-state index is 0.322. The fraction of sp³-hybridized carbons (Fsp3) is 0.333. The Hall–Kier alpha value is -1.36. The lowest BCUT2D eigenvalue weighted by molar-refractivity contribution is 0.0702. The van der Waals surface area contributed by atoms with Gasteiger partial charge in [-0.05, 0) is 18.9 Å². The number of aromatic nitrogens is 1. The number of hydrogen-bond acceptors (Lipinski definition) is 4. The third kappa shape index (κ3) is 1.05. The van der Waals surface area contributed by atoms with E-state index in [1.54, 1.807) is 6.07 Å². The second kappa shape index (κ2) is 2.57. The van der Waals surface area contributed by atoms with Crippen LogP contribution < -0.4 is 0 Å². The van der Waals surface area contributed by atoms with Gasteiger partial charge in [0.15, 0.2) is 0 Å². The van der Waals surface area contributed by atoms with Crippen molar-refractivity contribution < 1.29 is 14.4 Å². The summed E-state index contributed by atoms with van der Waals surface area (Å²) in [5.41, 5.74) is 0.934. The maximum atomic E-state index is 10.7. The van der Waals surface area contributed by atoms with Crippen molar-refractivity contribution in [2.45, 2.75) is 18.8 Å². The molecule has 14 heavy (non-hydrogen) atoms. The topological polar surface area (TPSA) is 63.3 Å². The Balaban J connectivity index is 2.18. The predicted molar refractivity (Wildman–Crippen MR) is 50.8 cm³/mol. The number of carbonyl (C=O) groups is 1. The zero-order valence-corrected chi connectivity index (χ0v) is 8.00. The van der Waals surface area contributed by atoms with Crippen molar-refractivity contribution in [2.24, 2.45) is 0 Å². The third-order valence-electron chi connectivity index (χ3n) is 2.38. The molecule has 0 saturated heterocycles. The molecule has 3 rings (SSSR count). The first kappa shape index (κ1) is 7.99. The van der Waals surface area contributed by atoms with Crippen molar-refractivity contribution >= 4 is 27.6 Å². The quantitative estimate of drug-likeness (QED) is 0.825. The molecule has 1 aliphatic rings. The molecule has 0 bridgehead atoms. The number of aromatic carboxylic acids is 1. The van der Waals surface area contributed by atoms with Gasteiger partial charge >= 0.3 is 5.97 Å². The second-order valence-electron chi connectivity index (χ2n) is 3.46. The van der Waals surface area contributed by atoms with E-state index in [1.807, 2.05) is 0 Å². The maximum absolute atomic E-state index is 10.7. The van der Waals surface area contributed by atoms with Gasteiger partial charge in [-0.3, -0.25) is 0 Å². The molecule has 0 radical (unpaired) electrons. The summed E-state index contributed by atoms with van der Waals surface area (Å²) in [5.74, 6) is -0.407. The Morgan fingerprint density at radius 3 is 3.07 bits per heavy atom. The molecule has 2 aromatic heterocycles. The average Bonchev–Trinajstić information content (AvgIpc) is 2.77. The van der Waals surface area contributed by atoms with Gasteiger partial charge in [0.25, 0.3) is 0 Å². The lowest BCUT2D eigenvalue weighted by Gasteiger charge is -1.85.